The van der Waals surface area contributed by atoms with Gasteiger partial charge in [0.05, 0.1) is 4.90 Å². The van der Waals surface area contributed by atoms with Crippen molar-refractivity contribution < 1.29 is 13.2 Å². The van der Waals surface area contributed by atoms with Gasteiger partial charge < -0.3 is 10.6 Å². The molecule has 2 aliphatic rings. The van der Waals surface area contributed by atoms with Crippen LogP contribution in [0, 0.1) is 5.92 Å². The van der Waals surface area contributed by atoms with E-state index in [4.69, 9.17) is 5.73 Å². The van der Waals surface area contributed by atoms with Gasteiger partial charge >= 0.3 is 0 Å². The van der Waals surface area contributed by atoms with E-state index in [1.807, 2.05) is 11.0 Å². The van der Waals surface area contributed by atoms with Crippen LogP contribution in [0.1, 0.15) is 50.2 Å². The molecule has 0 saturated carbocycles. The lowest BCUT2D eigenvalue weighted by atomic mass is 9.92. The molecule has 8 heteroatoms. The van der Waals surface area contributed by atoms with Gasteiger partial charge in [0.2, 0.25) is 15.9 Å². The quantitative estimate of drug-likeness (QED) is 0.725. The second-order valence-corrected chi connectivity index (χ2v) is 9.66. The minimum Gasteiger partial charge on any atom is -0.338 e. The van der Waals surface area contributed by atoms with Gasteiger partial charge in [-0.05, 0) is 67.7 Å². The summed E-state index contributed by atoms with van der Waals surface area (Å²) in [6.45, 7) is 3.45. The van der Waals surface area contributed by atoms with Crippen LogP contribution < -0.4 is 10.5 Å². The van der Waals surface area contributed by atoms with Crippen LogP contribution in [0.3, 0.4) is 0 Å². The summed E-state index contributed by atoms with van der Waals surface area (Å²) < 4.78 is 27.8. The zero-order valence-electron chi connectivity index (χ0n) is 16.5. The average molecular weight is 430 g/mol. The largest absolute Gasteiger partial charge is 0.338 e. The Hall–Kier alpha value is -1.15. The van der Waals surface area contributed by atoms with Gasteiger partial charge in [-0.3, -0.25) is 4.79 Å². The number of carbonyl (C=O) groups is 1. The van der Waals surface area contributed by atoms with Crippen molar-refractivity contribution in [2.75, 3.05) is 19.6 Å². The van der Waals surface area contributed by atoms with Gasteiger partial charge in [-0.1, -0.05) is 13.0 Å². The molecule has 1 amide bonds. The number of fused-ring (bicyclic) bond motifs is 1. The number of rotatable bonds is 6. The molecule has 3 rings (SSSR count). The number of piperidine rings is 1. The molecule has 0 bridgehead atoms. The van der Waals surface area contributed by atoms with Crippen LogP contribution in [0.25, 0.3) is 0 Å². The van der Waals surface area contributed by atoms with Crippen molar-refractivity contribution in [2.24, 2.45) is 11.7 Å². The van der Waals surface area contributed by atoms with E-state index in [0.29, 0.717) is 23.9 Å². The number of hydrogen-bond donors (Lipinski definition) is 2. The molecule has 28 heavy (non-hydrogen) atoms. The predicted molar refractivity (Wildman–Crippen MR) is 113 cm³/mol. The second-order valence-electron chi connectivity index (χ2n) is 7.89. The molecule has 1 aliphatic carbocycles. The van der Waals surface area contributed by atoms with E-state index in [0.717, 1.165) is 37.7 Å². The molecule has 2 unspecified atom stereocenters. The number of halogens is 1. The maximum Gasteiger partial charge on any atom is 0.240 e. The summed E-state index contributed by atoms with van der Waals surface area (Å²) in [4.78, 5) is 14.6. The van der Waals surface area contributed by atoms with Crippen LogP contribution in [-0.4, -0.2) is 44.9 Å². The standard InChI is InChI=1S/C20H31N3O3S.ClH/c1-15-9-11-23(18(12-15)14-21)20(24)8-10-22-27(25,26)19-7-6-16-4-2-3-5-17(16)13-19;/h6-7,13,15,18,22H,2-5,8-12,14,21H2,1H3;1H. The monoisotopic (exact) mass is 429 g/mol. The second kappa shape index (κ2) is 10.1. The van der Waals surface area contributed by atoms with Gasteiger partial charge in [0.25, 0.3) is 0 Å². The summed E-state index contributed by atoms with van der Waals surface area (Å²) in [5.74, 6) is 0.551. The number of nitrogens with one attached hydrogen (secondary N) is 1. The first-order chi connectivity index (χ1) is 12.9. The van der Waals surface area contributed by atoms with Crippen LogP contribution in [-0.2, 0) is 27.7 Å². The summed E-state index contributed by atoms with van der Waals surface area (Å²) in [5.41, 5.74) is 8.20. The Balaban J connectivity index is 0.00000280. The van der Waals surface area contributed by atoms with Gasteiger partial charge in [-0.25, -0.2) is 13.1 Å². The zero-order valence-corrected chi connectivity index (χ0v) is 18.2. The lowest BCUT2D eigenvalue weighted by molar-refractivity contribution is -0.135. The summed E-state index contributed by atoms with van der Waals surface area (Å²) in [6.07, 6.45) is 6.29. The number of benzene rings is 1. The molecule has 1 aromatic carbocycles. The maximum atomic E-state index is 12.6. The Morgan fingerprint density at radius 3 is 2.68 bits per heavy atom. The molecule has 1 aliphatic heterocycles. The number of amides is 1. The SMILES string of the molecule is CC1CCN(C(=O)CCNS(=O)(=O)c2ccc3c(c2)CCCC3)C(CN)C1.Cl. The fraction of sp³-hybridized carbons (Fsp3) is 0.650. The van der Waals surface area contributed by atoms with E-state index in [2.05, 4.69) is 11.6 Å². The van der Waals surface area contributed by atoms with Gasteiger partial charge in [0, 0.05) is 32.1 Å². The highest BCUT2D eigenvalue weighted by atomic mass is 35.5. The first-order valence-corrected chi connectivity index (χ1v) is 11.5. The van der Waals surface area contributed by atoms with Crippen molar-refractivity contribution in [3.8, 4) is 0 Å². The minimum absolute atomic E-state index is 0. The molecule has 1 heterocycles. The Kier molecular flexibility index (Phi) is 8.30. The molecule has 0 aromatic heterocycles. The summed E-state index contributed by atoms with van der Waals surface area (Å²) in [5, 5.41) is 0. The molecule has 3 N–H and O–H groups in total. The van der Waals surface area contributed by atoms with E-state index < -0.39 is 10.0 Å². The third kappa shape index (κ3) is 5.47. The Bertz CT molecular complexity index is 785. The highest BCUT2D eigenvalue weighted by Gasteiger charge is 2.28. The molecule has 1 aromatic rings. The Morgan fingerprint density at radius 2 is 1.96 bits per heavy atom. The van der Waals surface area contributed by atoms with Gasteiger partial charge in [-0.2, -0.15) is 0 Å². The van der Waals surface area contributed by atoms with Crippen LogP contribution in [0.4, 0.5) is 0 Å². The topological polar surface area (TPSA) is 92.5 Å². The lowest BCUT2D eigenvalue weighted by Gasteiger charge is -2.38. The summed E-state index contributed by atoms with van der Waals surface area (Å²) in [6, 6.07) is 5.45. The number of nitrogens with two attached hydrogens (primary N) is 1. The number of likely N-dealkylation sites (tertiary alicyclic amines) is 1. The highest BCUT2D eigenvalue weighted by Crippen LogP contribution is 2.24. The summed E-state index contributed by atoms with van der Waals surface area (Å²) in [7, 11) is -3.59. The molecule has 1 fully saturated rings. The van der Waals surface area contributed by atoms with Crippen LogP contribution in [0.5, 0.6) is 0 Å². The van der Waals surface area contributed by atoms with Crippen molar-refractivity contribution in [1.82, 2.24) is 9.62 Å². The molecular formula is C20H32ClN3O3S. The van der Waals surface area contributed by atoms with Crippen molar-refractivity contribution in [2.45, 2.75) is 62.8 Å². The molecule has 158 valence electrons. The molecule has 0 spiro atoms. The van der Waals surface area contributed by atoms with E-state index in [9.17, 15) is 13.2 Å². The van der Waals surface area contributed by atoms with Crippen LogP contribution >= 0.6 is 12.4 Å². The first kappa shape index (κ1) is 23.1. The highest BCUT2D eigenvalue weighted by molar-refractivity contribution is 7.89. The van der Waals surface area contributed by atoms with Crippen molar-refractivity contribution in [3.63, 3.8) is 0 Å². The number of carbonyl (C=O) groups excluding carboxylic acids is 1. The Labute approximate surface area is 174 Å². The van der Waals surface area contributed by atoms with E-state index in [1.54, 1.807) is 12.1 Å². The van der Waals surface area contributed by atoms with E-state index >= 15 is 0 Å². The maximum absolute atomic E-state index is 12.6. The molecule has 2 atom stereocenters. The number of sulfonamides is 1. The minimum atomic E-state index is -3.59. The van der Waals surface area contributed by atoms with Crippen molar-refractivity contribution in [3.05, 3.63) is 29.3 Å². The first-order valence-electron chi connectivity index (χ1n) is 10.0. The average Bonchev–Trinajstić information content (AvgIpc) is 2.67. The normalized spacial score (nSPS) is 22.3. The van der Waals surface area contributed by atoms with Gasteiger partial charge in [-0.15, -0.1) is 12.4 Å². The number of nitrogens with zero attached hydrogens (tertiary/aromatic N) is 1. The Morgan fingerprint density at radius 1 is 1.25 bits per heavy atom. The fourth-order valence-electron chi connectivity index (χ4n) is 4.20. The predicted octanol–water partition coefficient (Wildman–Crippen LogP) is 2.24. The molecule has 6 nitrogen and oxygen atoms in total. The van der Waals surface area contributed by atoms with Crippen molar-refractivity contribution in [1.29, 1.82) is 0 Å². The molecule has 1 saturated heterocycles. The van der Waals surface area contributed by atoms with Gasteiger partial charge in [0.1, 0.15) is 0 Å². The molecular weight excluding hydrogens is 398 g/mol. The summed E-state index contributed by atoms with van der Waals surface area (Å²) >= 11 is 0. The van der Waals surface area contributed by atoms with E-state index in [1.165, 1.54) is 12.0 Å². The smallest absolute Gasteiger partial charge is 0.240 e. The number of hydrogen-bond acceptors (Lipinski definition) is 4. The van der Waals surface area contributed by atoms with Crippen LogP contribution in [0.2, 0.25) is 0 Å². The van der Waals surface area contributed by atoms with Crippen LogP contribution in [0.15, 0.2) is 23.1 Å². The van der Waals surface area contributed by atoms with Crippen molar-refractivity contribution >= 4 is 28.3 Å². The zero-order chi connectivity index (χ0) is 19.4. The molecule has 0 radical (unpaired) electrons. The van der Waals surface area contributed by atoms with E-state index in [-0.39, 0.29) is 37.3 Å². The third-order valence-corrected chi connectivity index (χ3v) is 7.29. The lowest BCUT2D eigenvalue weighted by Crippen LogP contribution is -2.49. The fourth-order valence-corrected chi connectivity index (χ4v) is 5.28. The number of aryl methyl sites for hydroxylation is 2. The third-order valence-electron chi connectivity index (χ3n) is 5.83. The van der Waals surface area contributed by atoms with Gasteiger partial charge in [0.15, 0.2) is 0 Å².